The number of fused-ring (bicyclic) bond motifs is 1. The van der Waals surface area contributed by atoms with Crippen LogP contribution in [0.1, 0.15) is 16.7 Å². The summed E-state index contributed by atoms with van der Waals surface area (Å²) >= 11 is 0. The summed E-state index contributed by atoms with van der Waals surface area (Å²) in [4.78, 5) is 0.260. The first-order valence-corrected chi connectivity index (χ1v) is 7.99. The van der Waals surface area contributed by atoms with Crippen molar-refractivity contribution in [3.05, 3.63) is 59.2 Å². The third-order valence-corrected chi connectivity index (χ3v) is 4.78. The van der Waals surface area contributed by atoms with E-state index in [0.717, 1.165) is 17.7 Å². The van der Waals surface area contributed by atoms with Gasteiger partial charge < -0.3 is 5.32 Å². The molecule has 0 unspecified atom stereocenters. The summed E-state index contributed by atoms with van der Waals surface area (Å²) in [6.07, 6.45) is 5.32. The number of hydrogen-bond donors (Lipinski definition) is 2. The molecule has 2 aromatic carbocycles. The maximum absolute atomic E-state index is 12.4. The van der Waals surface area contributed by atoms with Gasteiger partial charge in [-0.3, -0.25) is 4.72 Å². The second kappa shape index (κ2) is 5.24. The standard InChI is InChI=1S/C16H14N2O2S/c1-2-12-4-3-5-15(8-12)18-21(19,20)16-7-6-13-10-17-11-14(13)9-16/h1,3-9,17-18H,10-11H2. The number of terminal acetylenes is 1. The normalized spacial score (nSPS) is 13.5. The zero-order valence-electron chi connectivity index (χ0n) is 11.3. The van der Waals surface area contributed by atoms with Gasteiger partial charge in [-0.1, -0.05) is 18.1 Å². The predicted octanol–water partition coefficient (Wildman–Crippen LogP) is 2.07. The molecule has 5 heteroatoms. The second-order valence-corrected chi connectivity index (χ2v) is 6.55. The Kier molecular flexibility index (Phi) is 3.42. The molecule has 0 aliphatic carbocycles. The van der Waals surface area contributed by atoms with Gasteiger partial charge >= 0.3 is 0 Å². The van der Waals surface area contributed by atoms with Crippen molar-refractivity contribution in [2.45, 2.75) is 18.0 Å². The highest BCUT2D eigenvalue weighted by atomic mass is 32.2. The minimum atomic E-state index is -3.61. The number of nitrogens with one attached hydrogen (secondary N) is 2. The fraction of sp³-hybridized carbons (Fsp3) is 0.125. The van der Waals surface area contributed by atoms with Crippen molar-refractivity contribution in [2.24, 2.45) is 0 Å². The van der Waals surface area contributed by atoms with Crippen LogP contribution in [0.4, 0.5) is 5.69 Å². The molecule has 21 heavy (non-hydrogen) atoms. The molecule has 0 amide bonds. The van der Waals surface area contributed by atoms with Gasteiger partial charge in [0.2, 0.25) is 0 Å². The van der Waals surface area contributed by atoms with Gasteiger partial charge in [-0.25, -0.2) is 8.42 Å². The van der Waals surface area contributed by atoms with Crippen LogP contribution in [-0.4, -0.2) is 8.42 Å². The topological polar surface area (TPSA) is 58.2 Å². The number of anilines is 1. The molecule has 0 saturated carbocycles. The van der Waals surface area contributed by atoms with Crippen LogP contribution >= 0.6 is 0 Å². The third kappa shape index (κ3) is 2.77. The van der Waals surface area contributed by atoms with Crippen molar-refractivity contribution in [3.63, 3.8) is 0 Å². The highest BCUT2D eigenvalue weighted by Crippen LogP contribution is 2.22. The van der Waals surface area contributed by atoms with Crippen LogP contribution in [0, 0.1) is 12.3 Å². The summed E-state index contributed by atoms with van der Waals surface area (Å²) in [5.41, 5.74) is 3.26. The van der Waals surface area contributed by atoms with E-state index in [1.165, 1.54) is 0 Å². The average Bonchev–Trinajstić information content (AvgIpc) is 2.94. The zero-order valence-corrected chi connectivity index (χ0v) is 12.1. The van der Waals surface area contributed by atoms with Gasteiger partial charge in [0.15, 0.2) is 0 Å². The van der Waals surface area contributed by atoms with E-state index < -0.39 is 10.0 Å². The molecule has 106 valence electrons. The molecule has 0 aromatic heterocycles. The van der Waals surface area contributed by atoms with E-state index in [-0.39, 0.29) is 4.90 Å². The zero-order chi connectivity index (χ0) is 14.9. The molecule has 0 radical (unpaired) electrons. The molecule has 0 fully saturated rings. The Morgan fingerprint density at radius 2 is 1.90 bits per heavy atom. The average molecular weight is 298 g/mol. The molecular formula is C16H14N2O2S. The van der Waals surface area contributed by atoms with E-state index in [0.29, 0.717) is 17.8 Å². The van der Waals surface area contributed by atoms with E-state index in [9.17, 15) is 8.42 Å². The number of sulfonamides is 1. The first kappa shape index (κ1) is 13.7. The van der Waals surface area contributed by atoms with E-state index in [2.05, 4.69) is 16.0 Å². The Morgan fingerprint density at radius 3 is 2.71 bits per heavy atom. The van der Waals surface area contributed by atoms with E-state index in [1.54, 1.807) is 36.4 Å². The second-order valence-electron chi connectivity index (χ2n) is 4.86. The van der Waals surface area contributed by atoms with Crippen LogP contribution in [-0.2, 0) is 23.1 Å². The van der Waals surface area contributed by atoms with E-state index >= 15 is 0 Å². The van der Waals surface area contributed by atoms with Crippen LogP contribution in [0.5, 0.6) is 0 Å². The van der Waals surface area contributed by atoms with Crippen molar-refractivity contribution < 1.29 is 8.42 Å². The van der Waals surface area contributed by atoms with Crippen LogP contribution < -0.4 is 10.0 Å². The molecule has 1 heterocycles. The molecule has 2 aromatic rings. The molecular weight excluding hydrogens is 284 g/mol. The lowest BCUT2D eigenvalue weighted by Crippen LogP contribution is -2.13. The van der Waals surface area contributed by atoms with Crippen LogP contribution in [0.25, 0.3) is 0 Å². The van der Waals surface area contributed by atoms with Crippen molar-refractivity contribution in [1.82, 2.24) is 5.32 Å². The van der Waals surface area contributed by atoms with Crippen molar-refractivity contribution >= 4 is 15.7 Å². The number of benzene rings is 2. The lowest BCUT2D eigenvalue weighted by atomic mass is 10.1. The van der Waals surface area contributed by atoms with E-state index in [1.807, 2.05) is 6.07 Å². The fourth-order valence-electron chi connectivity index (χ4n) is 2.32. The molecule has 1 aliphatic heterocycles. The summed E-state index contributed by atoms with van der Waals surface area (Å²) in [5, 5.41) is 3.19. The first-order chi connectivity index (χ1) is 10.1. The van der Waals surface area contributed by atoms with Crippen LogP contribution in [0.2, 0.25) is 0 Å². The quantitative estimate of drug-likeness (QED) is 0.853. The summed E-state index contributed by atoms with van der Waals surface area (Å²) < 4.78 is 27.4. The molecule has 1 aliphatic rings. The largest absolute Gasteiger partial charge is 0.309 e. The predicted molar refractivity (Wildman–Crippen MR) is 82.2 cm³/mol. The van der Waals surface area contributed by atoms with Gasteiger partial charge in [0.1, 0.15) is 0 Å². The lowest BCUT2D eigenvalue weighted by molar-refractivity contribution is 0.601. The molecule has 4 nitrogen and oxygen atoms in total. The van der Waals surface area contributed by atoms with Crippen molar-refractivity contribution in [1.29, 1.82) is 0 Å². The van der Waals surface area contributed by atoms with Gasteiger partial charge in [0.25, 0.3) is 10.0 Å². The first-order valence-electron chi connectivity index (χ1n) is 6.50. The monoisotopic (exact) mass is 298 g/mol. The maximum Gasteiger partial charge on any atom is 0.261 e. The molecule has 0 saturated heterocycles. The Hall–Kier alpha value is -2.29. The minimum Gasteiger partial charge on any atom is -0.309 e. The summed E-state index contributed by atoms with van der Waals surface area (Å²) in [5.74, 6) is 2.48. The smallest absolute Gasteiger partial charge is 0.261 e. The molecule has 0 spiro atoms. The maximum atomic E-state index is 12.4. The Balaban J connectivity index is 1.92. The minimum absolute atomic E-state index is 0.260. The SMILES string of the molecule is C#Cc1cccc(NS(=O)(=O)c2ccc3c(c2)CNC3)c1. The summed E-state index contributed by atoms with van der Waals surface area (Å²) in [6, 6.07) is 12.0. The van der Waals surface area contributed by atoms with Gasteiger partial charge in [0, 0.05) is 18.7 Å². The molecule has 0 atom stereocenters. The van der Waals surface area contributed by atoms with Gasteiger partial charge in [-0.05, 0) is 41.5 Å². The van der Waals surface area contributed by atoms with Crippen LogP contribution in [0.15, 0.2) is 47.4 Å². The fourth-order valence-corrected chi connectivity index (χ4v) is 3.42. The van der Waals surface area contributed by atoms with Gasteiger partial charge in [0.05, 0.1) is 10.6 Å². The van der Waals surface area contributed by atoms with Gasteiger partial charge in [-0.2, -0.15) is 0 Å². The van der Waals surface area contributed by atoms with Gasteiger partial charge in [-0.15, -0.1) is 6.42 Å². The van der Waals surface area contributed by atoms with Crippen molar-refractivity contribution in [3.8, 4) is 12.3 Å². The number of hydrogen-bond acceptors (Lipinski definition) is 3. The Labute approximate surface area is 124 Å². The highest BCUT2D eigenvalue weighted by molar-refractivity contribution is 7.92. The van der Waals surface area contributed by atoms with Crippen LogP contribution in [0.3, 0.4) is 0 Å². The lowest BCUT2D eigenvalue weighted by Gasteiger charge is -2.09. The summed E-state index contributed by atoms with van der Waals surface area (Å²) in [6.45, 7) is 1.48. The highest BCUT2D eigenvalue weighted by Gasteiger charge is 2.18. The Morgan fingerprint density at radius 1 is 1.10 bits per heavy atom. The molecule has 3 rings (SSSR count). The molecule has 0 bridgehead atoms. The molecule has 2 N–H and O–H groups in total. The summed E-state index contributed by atoms with van der Waals surface area (Å²) in [7, 11) is -3.61. The van der Waals surface area contributed by atoms with E-state index in [4.69, 9.17) is 6.42 Å². The number of rotatable bonds is 3. The third-order valence-electron chi connectivity index (χ3n) is 3.40. The Bertz CT molecular complexity index is 836. The van der Waals surface area contributed by atoms with Crippen molar-refractivity contribution in [2.75, 3.05) is 4.72 Å².